The highest BCUT2D eigenvalue weighted by molar-refractivity contribution is 5.91. The third-order valence-electron chi connectivity index (χ3n) is 3.76. The first-order valence-electron chi connectivity index (χ1n) is 6.98. The van der Waals surface area contributed by atoms with Gasteiger partial charge in [-0.15, -0.1) is 0 Å². The molecule has 2 rings (SSSR count). The third-order valence-corrected chi connectivity index (χ3v) is 3.76. The van der Waals surface area contributed by atoms with E-state index < -0.39 is 36.0 Å². The number of ether oxygens (including phenoxy) is 1. The number of aryl methyl sites for hydroxylation is 1. The normalized spacial score (nSPS) is 23.4. The number of carbonyl (C=O) groups is 3. The lowest BCUT2D eigenvalue weighted by Gasteiger charge is -2.22. The minimum absolute atomic E-state index is 0.0437. The SMILES string of the molecule is Cc1ccc(O[C@@H]2CNC(C(=O)O)C2CC(=O)O)c(C(=O)O)c1. The molecule has 3 atom stereocenters. The minimum atomic E-state index is -1.17. The fraction of sp³-hybridized carbons (Fsp3) is 0.400. The first-order valence-corrected chi connectivity index (χ1v) is 6.98. The molecule has 0 aromatic heterocycles. The second-order valence-electron chi connectivity index (χ2n) is 5.45. The van der Waals surface area contributed by atoms with E-state index in [1.54, 1.807) is 13.0 Å². The summed E-state index contributed by atoms with van der Waals surface area (Å²) in [7, 11) is 0. The number of hydrogen-bond acceptors (Lipinski definition) is 5. The monoisotopic (exact) mass is 323 g/mol. The fourth-order valence-electron chi connectivity index (χ4n) is 2.69. The molecule has 1 heterocycles. The number of hydrogen-bond donors (Lipinski definition) is 4. The number of benzene rings is 1. The van der Waals surface area contributed by atoms with Crippen molar-refractivity contribution in [2.45, 2.75) is 25.5 Å². The van der Waals surface area contributed by atoms with Crippen LogP contribution in [-0.2, 0) is 9.59 Å². The van der Waals surface area contributed by atoms with Crippen molar-refractivity contribution < 1.29 is 34.4 Å². The fourth-order valence-corrected chi connectivity index (χ4v) is 2.69. The van der Waals surface area contributed by atoms with Crippen LogP contribution in [0.15, 0.2) is 18.2 Å². The molecule has 4 N–H and O–H groups in total. The maximum Gasteiger partial charge on any atom is 0.339 e. The average molecular weight is 323 g/mol. The van der Waals surface area contributed by atoms with Crippen LogP contribution in [0.2, 0.25) is 0 Å². The number of aliphatic carboxylic acids is 2. The van der Waals surface area contributed by atoms with Crippen LogP contribution in [0, 0.1) is 12.8 Å². The Morgan fingerprint density at radius 3 is 2.52 bits per heavy atom. The van der Waals surface area contributed by atoms with E-state index in [1.807, 2.05) is 0 Å². The van der Waals surface area contributed by atoms with Gasteiger partial charge in [0.15, 0.2) is 0 Å². The first kappa shape index (κ1) is 16.8. The van der Waals surface area contributed by atoms with Crippen LogP contribution in [0.5, 0.6) is 5.75 Å². The highest BCUT2D eigenvalue weighted by atomic mass is 16.5. The van der Waals surface area contributed by atoms with E-state index in [-0.39, 0.29) is 24.3 Å². The summed E-state index contributed by atoms with van der Waals surface area (Å²) in [5.41, 5.74) is 0.697. The van der Waals surface area contributed by atoms with E-state index in [0.29, 0.717) is 0 Å². The average Bonchev–Trinajstić information content (AvgIpc) is 2.83. The zero-order valence-electron chi connectivity index (χ0n) is 12.4. The molecule has 0 amide bonds. The van der Waals surface area contributed by atoms with Gasteiger partial charge in [-0.1, -0.05) is 11.6 Å². The lowest BCUT2D eigenvalue weighted by Crippen LogP contribution is -2.38. The van der Waals surface area contributed by atoms with Crippen LogP contribution >= 0.6 is 0 Å². The topological polar surface area (TPSA) is 133 Å². The summed E-state index contributed by atoms with van der Waals surface area (Å²) in [6.07, 6.45) is -1.13. The second-order valence-corrected chi connectivity index (χ2v) is 5.45. The number of carboxylic acids is 3. The summed E-state index contributed by atoms with van der Waals surface area (Å²) < 4.78 is 5.65. The van der Waals surface area contributed by atoms with Crippen molar-refractivity contribution in [2.24, 2.45) is 5.92 Å². The molecular weight excluding hydrogens is 306 g/mol. The molecule has 1 saturated heterocycles. The summed E-state index contributed by atoms with van der Waals surface area (Å²) in [5, 5.41) is 30.1. The molecule has 1 aromatic rings. The summed E-state index contributed by atoms with van der Waals surface area (Å²) in [6.45, 7) is 1.86. The van der Waals surface area contributed by atoms with Gasteiger partial charge in [-0.05, 0) is 19.1 Å². The van der Waals surface area contributed by atoms with Gasteiger partial charge in [0, 0.05) is 12.5 Å². The Morgan fingerprint density at radius 2 is 1.96 bits per heavy atom. The van der Waals surface area contributed by atoms with Crippen LogP contribution < -0.4 is 10.1 Å². The summed E-state index contributed by atoms with van der Waals surface area (Å²) in [6, 6.07) is 3.56. The Hall–Kier alpha value is -2.61. The standard InChI is InChI=1S/C15H17NO7/c1-7-2-3-10(9(4-7)14(19)20)23-11-6-16-13(15(21)22)8(11)5-12(17)18/h2-4,8,11,13,16H,5-6H2,1H3,(H,17,18)(H,19,20)(H,21,22)/t8?,11-,13?/m1/s1. The van der Waals surface area contributed by atoms with E-state index in [9.17, 15) is 19.5 Å². The molecule has 8 heteroatoms. The van der Waals surface area contributed by atoms with Crippen molar-refractivity contribution in [3.63, 3.8) is 0 Å². The summed E-state index contributed by atoms with van der Waals surface area (Å²) in [4.78, 5) is 33.5. The van der Waals surface area contributed by atoms with Gasteiger partial charge in [0.25, 0.3) is 0 Å². The Balaban J connectivity index is 2.26. The van der Waals surface area contributed by atoms with E-state index >= 15 is 0 Å². The maximum atomic E-state index is 11.3. The van der Waals surface area contributed by atoms with Crippen molar-refractivity contribution >= 4 is 17.9 Å². The highest BCUT2D eigenvalue weighted by Gasteiger charge is 2.43. The Labute approximate surface area is 131 Å². The van der Waals surface area contributed by atoms with Crippen LogP contribution in [-0.4, -0.2) is 51.9 Å². The number of nitrogens with one attached hydrogen (secondary N) is 1. The molecule has 0 aliphatic carbocycles. The highest BCUT2D eigenvalue weighted by Crippen LogP contribution is 2.28. The molecule has 1 aromatic carbocycles. The largest absolute Gasteiger partial charge is 0.488 e. The van der Waals surface area contributed by atoms with Crippen LogP contribution in [0.1, 0.15) is 22.3 Å². The van der Waals surface area contributed by atoms with Crippen LogP contribution in [0.25, 0.3) is 0 Å². The Morgan fingerprint density at radius 1 is 1.26 bits per heavy atom. The first-order chi connectivity index (χ1) is 10.8. The second kappa shape index (κ2) is 6.66. The zero-order valence-corrected chi connectivity index (χ0v) is 12.4. The molecule has 8 nitrogen and oxygen atoms in total. The molecular formula is C15H17NO7. The summed E-state index contributed by atoms with van der Waals surface area (Å²) in [5.74, 6) is -4.17. The van der Waals surface area contributed by atoms with Gasteiger partial charge >= 0.3 is 17.9 Å². The van der Waals surface area contributed by atoms with Gasteiger partial charge in [0.2, 0.25) is 0 Å². The van der Waals surface area contributed by atoms with Crippen molar-refractivity contribution in [3.05, 3.63) is 29.3 Å². The lowest BCUT2D eigenvalue weighted by molar-refractivity contribution is -0.142. The van der Waals surface area contributed by atoms with Gasteiger partial charge < -0.3 is 25.4 Å². The van der Waals surface area contributed by atoms with Crippen molar-refractivity contribution in [2.75, 3.05) is 6.54 Å². The molecule has 0 bridgehead atoms. The molecule has 23 heavy (non-hydrogen) atoms. The lowest BCUT2D eigenvalue weighted by atomic mass is 9.94. The molecule has 0 spiro atoms. The number of carboxylic acid groups (broad SMARTS) is 3. The van der Waals surface area contributed by atoms with Gasteiger partial charge in [-0.3, -0.25) is 9.59 Å². The minimum Gasteiger partial charge on any atom is -0.488 e. The predicted octanol–water partition coefficient (Wildman–Crippen LogP) is 0.588. The van der Waals surface area contributed by atoms with Gasteiger partial charge in [-0.25, -0.2) is 4.79 Å². The molecule has 2 unspecified atom stereocenters. The van der Waals surface area contributed by atoms with Crippen molar-refractivity contribution in [3.8, 4) is 5.75 Å². The Kier molecular flexibility index (Phi) is 4.85. The van der Waals surface area contributed by atoms with E-state index in [2.05, 4.69) is 5.32 Å². The Bertz CT molecular complexity index is 643. The summed E-state index contributed by atoms with van der Waals surface area (Å²) >= 11 is 0. The maximum absolute atomic E-state index is 11.3. The van der Waals surface area contributed by atoms with Gasteiger partial charge in [-0.2, -0.15) is 0 Å². The smallest absolute Gasteiger partial charge is 0.339 e. The molecule has 0 saturated carbocycles. The van der Waals surface area contributed by atoms with E-state index in [4.69, 9.17) is 14.9 Å². The molecule has 0 radical (unpaired) electrons. The van der Waals surface area contributed by atoms with Crippen LogP contribution in [0.3, 0.4) is 0 Å². The quantitative estimate of drug-likeness (QED) is 0.598. The number of aromatic carboxylic acids is 1. The van der Waals surface area contributed by atoms with Crippen molar-refractivity contribution in [1.82, 2.24) is 5.32 Å². The van der Waals surface area contributed by atoms with E-state index in [1.165, 1.54) is 12.1 Å². The van der Waals surface area contributed by atoms with Crippen molar-refractivity contribution in [1.29, 1.82) is 0 Å². The van der Waals surface area contributed by atoms with Gasteiger partial charge in [0.1, 0.15) is 23.5 Å². The van der Waals surface area contributed by atoms with Crippen LogP contribution in [0.4, 0.5) is 0 Å². The third kappa shape index (κ3) is 3.78. The molecule has 1 aliphatic rings. The zero-order chi connectivity index (χ0) is 17.1. The predicted molar refractivity (Wildman–Crippen MR) is 77.7 cm³/mol. The van der Waals surface area contributed by atoms with Gasteiger partial charge in [0.05, 0.1) is 6.42 Å². The number of rotatable bonds is 6. The molecule has 1 fully saturated rings. The molecule has 1 aliphatic heterocycles. The molecule has 124 valence electrons. The van der Waals surface area contributed by atoms with E-state index in [0.717, 1.165) is 5.56 Å².